The number of amides is 2. The Kier molecular flexibility index (Phi) is 7.03. The Morgan fingerprint density at radius 1 is 1.18 bits per heavy atom. The largest absolute Gasteiger partial charge is 0.460 e. The molecule has 0 N–H and O–H groups in total. The van der Waals surface area contributed by atoms with Crippen LogP contribution in [0, 0.1) is 10.1 Å². The SMILES string of the molecule is CC(=O)N(c1ccccc1)C1C(=O)N2C=C(CBr)C(C(=O)OCc3ccc([N+](=O)[O-])cc3)S[C@H]12. The summed E-state index contributed by atoms with van der Waals surface area (Å²) in [6.45, 7) is 1.37. The van der Waals surface area contributed by atoms with Gasteiger partial charge >= 0.3 is 5.97 Å². The average Bonchev–Trinajstić information content (AvgIpc) is 2.85. The zero-order valence-corrected chi connectivity index (χ0v) is 20.4. The standard InChI is InChI=1S/C23H20BrN3O6S/c1-14(28)26(17-5-3-2-4-6-17)19-21(29)25-12-16(11-24)20(34-22(19)25)23(30)33-13-15-7-9-18(10-8-15)27(31)32/h2-10,12,19-20,22H,11,13H2,1H3/t19?,20?,22-/m1/s1. The van der Waals surface area contributed by atoms with Gasteiger partial charge in [-0.2, -0.15) is 0 Å². The van der Waals surface area contributed by atoms with E-state index in [-0.39, 0.29) is 24.1 Å². The molecule has 0 radical (unpaired) electrons. The topological polar surface area (TPSA) is 110 Å². The highest BCUT2D eigenvalue weighted by Gasteiger charge is 2.55. The van der Waals surface area contributed by atoms with Crippen molar-refractivity contribution in [3.05, 3.63) is 82.0 Å². The number of hydrogen-bond acceptors (Lipinski definition) is 7. The maximum Gasteiger partial charge on any atom is 0.323 e. The van der Waals surface area contributed by atoms with Crippen LogP contribution in [0.5, 0.6) is 0 Å². The first kappa shape index (κ1) is 24.0. The maximum atomic E-state index is 13.0. The van der Waals surface area contributed by atoms with E-state index in [1.807, 2.05) is 6.07 Å². The zero-order valence-electron chi connectivity index (χ0n) is 18.0. The molecule has 0 bridgehead atoms. The van der Waals surface area contributed by atoms with Crippen molar-refractivity contribution in [3.63, 3.8) is 0 Å². The minimum absolute atomic E-state index is 0.0379. The Labute approximate surface area is 208 Å². The molecule has 0 aromatic heterocycles. The number of ether oxygens (including phenoxy) is 1. The van der Waals surface area contributed by atoms with Gasteiger partial charge in [0.15, 0.2) is 0 Å². The molecule has 0 aliphatic carbocycles. The normalized spacial score (nSPS) is 21.1. The number of carbonyl (C=O) groups excluding carboxylic acids is 3. The summed E-state index contributed by atoms with van der Waals surface area (Å²) in [5, 5.41) is 10.1. The fraction of sp³-hybridized carbons (Fsp3) is 0.261. The predicted molar refractivity (Wildman–Crippen MR) is 130 cm³/mol. The molecule has 2 aromatic carbocycles. The van der Waals surface area contributed by atoms with Gasteiger partial charge in [-0.05, 0) is 35.4 Å². The summed E-state index contributed by atoms with van der Waals surface area (Å²) in [7, 11) is 0. The zero-order chi connectivity index (χ0) is 24.4. The monoisotopic (exact) mass is 545 g/mol. The lowest BCUT2D eigenvalue weighted by Gasteiger charge is -2.52. The highest BCUT2D eigenvalue weighted by Crippen LogP contribution is 2.44. The number of anilines is 1. The van der Waals surface area contributed by atoms with E-state index >= 15 is 0 Å². The number of rotatable bonds is 7. The lowest BCUT2D eigenvalue weighted by Crippen LogP contribution is -2.70. The molecule has 2 amide bonds. The third kappa shape index (κ3) is 4.58. The van der Waals surface area contributed by atoms with E-state index in [4.69, 9.17) is 4.74 Å². The van der Waals surface area contributed by atoms with Crippen LogP contribution < -0.4 is 4.90 Å². The molecule has 3 atom stereocenters. The van der Waals surface area contributed by atoms with Crippen molar-refractivity contribution in [2.75, 3.05) is 10.2 Å². The molecule has 0 saturated carbocycles. The Morgan fingerprint density at radius 2 is 1.85 bits per heavy atom. The second kappa shape index (κ2) is 9.98. The molecule has 0 spiro atoms. The second-order valence-electron chi connectivity index (χ2n) is 7.69. The van der Waals surface area contributed by atoms with Gasteiger partial charge in [-0.25, -0.2) is 0 Å². The fourth-order valence-electron chi connectivity index (χ4n) is 3.84. The van der Waals surface area contributed by atoms with Gasteiger partial charge in [-0.3, -0.25) is 29.4 Å². The van der Waals surface area contributed by atoms with Gasteiger partial charge in [0.2, 0.25) is 5.91 Å². The van der Waals surface area contributed by atoms with Crippen molar-refractivity contribution in [1.82, 2.24) is 4.90 Å². The van der Waals surface area contributed by atoms with Gasteiger partial charge in [-0.15, -0.1) is 11.8 Å². The first-order valence-corrected chi connectivity index (χ1v) is 12.4. The smallest absolute Gasteiger partial charge is 0.323 e. The van der Waals surface area contributed by atoms with Crippen LogP contribution in [0.1, 0.15) is 12.5 Å². The first-order valence-electron chi connectivity index (χ1n) is 10.3. The van der Waals surface area contributed by atoms with Gasteiger partial charge < -0.3 is 9.64 Å². The highest BCUT2D eigenvalue weighted by molar-refractivity contribution is 9.09. The molecule has 9 nitrogen and oxygen atoms in total. The Bertz CT molecular complexity index is 1160. The Balaban J connectivity index is 1.50. The molecule has 2 aromatic rings. The summed E-state index contributed by atoms with van der Waals surface area (Å²) in [5.74, 6) is -0.967. The van der Waals surface area contributed by atoms with Crippen LogP contribution >= 0.6 is 27.7 Å². The quantitative estimate of drug-likeness (QED) is 0.172. The average molecular weight is 546 g/mol. The molecule has 2 aliphatic rings. The lowest BCUT2D eigenvalue weighted by atomic mass is 10.0. The number of esters is 1. The number of non-ortho nitro benzene ring substituents is 1. The van der Waals surface area contributed by atoms with Crippen LogP contribution in [0.4, 0.5) is 11.4 Å². The Morgan fingerprint density at radius 3 is 2.44 bits per heavy atom. The fourth-order valence-corrected chi connectivity index (χ4v) is 5.98. The molecular formula is C23H20BrN3O6S. The van der Waals surface area contributed by atoms with E-state index in [1.165, 1.54) is 47.9 Å². The van der Waals surface area contributed by atoms with Crippen LogP contribution in [-0.2, 0) is 25.7 Å². The minimum Gasteiger partial charge on any atom is -0.460 e. The number of hydrogen-bond donors (Lipinski definition) is 0. The predicted octanol–water partition coefficient (Wildman–Crippen LogP) is 3.62. The van der Waals surface area contributed by atoms with E-state index < -0.39 is 27.6 Å². The number of β-lactam (4-membered cyclic amide) rings is 1. The molecule has 2 unspecified atom stereocenters. The van der Waals surface area contributed by atoms with Gasteiger partial charge in [0.25, 0.3) is 11.6 Å². The van der Waals surface area contributed by atoms with Gasteiger partial charge in [0, 0.05) is 36.3 Å². The van der Waals surface area contributed by atoms with Crippen molar-refractivity contribution < 1.29 is 24.0 Å². The number of nitro groups is 1. The summed E-state index contributed by atoms with van der Waals surface area (Å²) in [6, 6.07) is 14.0. The molecule has 2 aliphatic heterocycles. The minimum atomic E-state index is -0.733. The van der Waals surface area contributed by atoms with E-state index in [0.717, 1.165) is 0 Å². The molecule has 1 saturated heterocycles. The number of fused-ring (bicyclic) bond motifs is 1. The summed E-state index contributed by atoms with van der Waals surface area (Å²) in [5.41, 5.74) is 1.86. The molecular weight excluding hydrogens is 526 g/mol. The molecule has 2 heterocycles. The number of thioether (sulfide) groups is 1. The van der Waals surface area contributed by atoms with Crippen molar-refractivity contribution in [1.29, 1.82) is 0 Å². The number of halogens is 1. The first-order chi connectivity index (χ1) is 16.3. The van der Waals surface area contributed by atoms with Crippen LogP contribution in [0.3, 0.4) is 0 Å². The molecule has 11 heteroatoms. The molecule has 1 fully saturated rings. The van der Waals surface area contributed by atoms with E-state index in [0.29, 0.717) is 22.2 Å². The summed E-state index contributed by atoms with van der Waals surface area (Å²) in [6.07, 6.45) is 1.65. The van der Waals surface area contributed by atoms with Crippen molar-refractivity contribution in [2.45, 2.75) is 30.2 Å². The summed E-state index contributed by atoms with van der Waals surface area (Å²) < 4.78 is 5.49. The van der Waals surface area contributed by atoms with Crippen LogP contribution in [-0.4, -0.2) is 49.6 Å². The van der Waals surface area contributed by atoms with Crippen molar-refractivity contribution in [3.8, 4) is 0 Å². The van der Waals surface area contributed by atoms with Crippen LogP contribution in [0.2, 0.25) is 0 Å². The van der Waals surface area contributed by atoms with E-state index in [2.05, 4.69) is 15.9 Å². The number of nitro benzene ring substituents is 1. The molecule has 4 rings (SSSR count). The second-order valence-corrected chi connectivity index (χ2v) is 9.48. The molecule has 34 heavy (non-hydrogen) atoms. The third-order valence-electron chi connectivity index (χ3n) is 5.52. The van der Waals surface area contributed by atoms with Crippen molar-refractivity contribution in [2.24, 2.45) is 0 Å². The summed E-state index contributed by atoms with van der Waals surface area (Å²) >= 11 is 4.64. The van der Waals surface area contributed by atoms with Crippen LogP contribution in [0.25, 0.3) is 0 Å². The Hall–Kier alpha value is -3.18. The van der Waals surface area contributed by atoms with E-state index in [9.17, 15) is 24.5 Å². The molecule has 176 valence electrons. The third-order valence-corrected chi connectivity index (χ3v) is 7.70. The number of alkyl halides is 1. The van der Waals surface area contributed by atoms with E-state index in [1.54, 1.807) is 35.4 Å². The summed E-state index contributed by atoms with van der Waals surface area (Å²) in [4.78, 5) is 51.7. The highest BCUT2D eigenvalue weighted by atomic mass is 79.9. The maximum absolute atomic E-state index is 13.0. The number of carbonyl (C=O) groups is 3. The number of benzene rings is 2. The number of para-hydroxylation sites is 1. The number of nitrogens with zero attached hydrogens (tertiary/aromatic N) is 3. The van der Waals surface area contributed by atoms with Crippen LogP contribution in [0.15, 0.2) is 66.4 Å². The van der Waals surface area contributed by atoms with Crippen molar-refractivity contribution >= 4 is 56.9 Å². The van der Waals surface area contributed by atoms with Gasteiger partial charge in [-0.1, -0.05) is 34.1 Å². The van der Waals surface area contributed by atoms with Gasteiger partial charge in [0.1, 0.15) is 23.3 Å². The van der Waals surface area contributed by atoms with Gasteiger partial charge in [0.05, 0.1) is 4.92 Å². The lowest BCUT2D eigenvalue weighted by molar-refractivity contribution is -0.384.